The zero-order chi connectivity index (χ0) is 21.5. The summed E-state index contributed by atoms with van der Waals surface area (Å²) in [5.74, 6) is 0.534. The van der Waals surface area contributed by atoms with Crippen LogP contribution in [0.3, 0.4) is 0 Å². The molecule has 2 heterocycles. The first-order valence-corrected chi connectivity index (χ1v) is 10.1. The fraction of sp³-hybridized carbons (Fsp3) is 0.217. The minimum Gasteiger partial charge on any atom is -0.435 e. The number of aryl methyl sites for hydroxylation is 2. The molecule has 1 aliphatic carbocycles. The molecule has 0 saturated heterocycles. The summed E-state index contributed by atoms with van der Waals surface area (Å²) < 4.78 is 7.24. The normalized spacial score (nSPS) is 13.4. The van der Waals surface area contributed by atoms with Crippen molar-refractivity contribution in [2.75, 3.05) is 10.6 Å². The molecule has 1 fully saturated rings. The Hall–Kier alpha value is -3.94. The molecule has 2 aromatic heterocycles. The molecule has 1 aliphatic rings. The molecule has 5 rings (SSSR count). The Morgan fingerprint density at radius 2 is 1.90 bits per heavy atom. The van der Waals surface area contributed by atoms with Crippen LogP contribution in [0.2, 0.25) is 0 Å². The number of oxazole rings is 1. The Kier molecular flexibility index (Phi) is 4.54. The van der Waals surface area contributed by atoms with E-state index >= 15 is 0 Å². The third-order valence-electron chi connectivity index (χ3n) is 5.38. The fourth-order valence-corrected chi connectivity index (χ4v) is 3.55. The lowest BCUT2D eigenvalue weighted by molar-refractivity contribution is 0.0992. The summed E-state index contributed by atoms with van der Waals surface area (Å²) in [5.41, 5.74) is 3.31. The maximum atomic E-state index is 12.8. The molecule has 4 aromatic rings. The van der Waals surface area contributed by atoms with Crippen LogP contribution < -0.4 is 10.6 Å². The van der Waals surface area contributed by atoms with Gasteiger partial charge in [0.15, 0.2) is 11.6 Å². The molecule has 0 radical (unpaired) electrons. The number of carbonyl (C=O) groups is 2. The number of nitrogens with zero attached hydrogens (tertiary/aromatic N) is 3. The topological polar surface area (TPSA) is 102 Å². The van der Waals surface area contributed by atoms with Crippen LogP contribution in [0.1, 0.15) is 51.3 Å². The Morgan fingerprint density at radius 1 is 1.10 bits per heavy atom. The first-order valence-electron chi connectivity index (χ1n) is 10.1. The maximum absolute atomic E-state index is 12.8. The highest BCUT2D eigenvalue weighted by Gasteiger charge is 2.29. The Labute approximate surface area is 178 Å². The molecule has 0 spiro atoms. The van der Waals surface area contributed by atoms with E-state index in [0.717, 1.165) is 29.3 Å². The van der Waals surface area contributed by atoms with Gasteiger partial charge in [-0.1, -0.05) is 18.2 Å². The van der Waals surface area contributed by atoms with Gasteiger partial charge in [-0.3, -0.25) is 14.3 Å². The van der Waals surface area contributed by atoms with Crippen molar-refractivity contribution in [3.8, 4) is 0 Å². The Bertz CT molecular complexity index is 1320. The van der Waals surface area contributed by atoms with E-state index in [1.807, 2.05) is 38.2 Å². The van der Waals surface area contributed by atoms with Gasteiger partial charge in [0.25, 0.3) is 11.8 Å². The number of aromatic nitrogens is 3. The van der Waals surface area contributed by atoms with Gasteiger partial charge in [-0.25, -0.2) is 4.98 Å². The number of benzene rings is 2. The van der Waals surface area contributed by atoms with Gasteiger partial charge in [-0.05, 0) is 49.6 Å². The summed E-state index contributed by atoms with van der Waals surface area (Å²) in [6.45, 7) is 1.86. The molecule has 31 heavy (non-hydrogen) atoms. The number of hydrogen-bond donors (Lipinski definition) is 2. The predicted molar refractivity (Wildman–Crippen MR) is 116 cm³/mol. The lowest BCUT2D eigenvalue weighted by atomic mass is 10.1. The van der Waals surface area contributed by atoms with Gasteiger partial charge < -0.3 is 15.1 Å². The molecule has 2 aromatic carbocycles. The molecule has 0 unspecified atom stereocenters. The van der Waals surface area contributed by atoms with Gasteiger partial charge in [0.2, 0.25) is 5.76 Å². The van der Waals surface area contributed by atoms with Crippen LogP contribution in [0.4, 0.5) is 11.4 Å². The van der Waals surface area contributed by atoms with E-state index in [2.05, 4.69) is 20.7 Å². The molecule has 8 nitrogen and oxygen atoms in total. The third-order valence-corrected chi connectivity index (χ3v) is 5.38. The molecule has 1 saturated carbocycles. The van der Waals surface area contributed by atoms with Crippen LogP contribution in [0.5, 0.6) is 0 Å². The quantitative estimate of drug-likeness (QED) is 0.507. The van der Waals surface area contributed by atoms with E-state index in [0.29, 0.717) is 28.9 Å². The van der Waals surface area contributed by atoms with Gasteiger partial charge in [-0.15, -0.1) is 0 Å². The van der Waals surface area contributed by atoms with E-state index in [1.54, 1.807) is 22.9 Å². The second-order valence-corrected chi connectivity index (χ2v) is 7.76. The van der Waals surface area contributed by atoms with Gasteiger partial charge in [0, 0.05) is 29.7 Å². The van der Waals surface area contributed by atoms with Crippen molar-refractivity contribution in [3.63, 3.8) is 0 Å². The molecule has 2 amide bonds. The van der Waals surface area contributed by atoms with E-state index in [1.165, 1.54) is 6.20 Å². The van der Waals surface area contributed by atoms with Gasteiger partial charge in [0.1, 0.15) is 0 Å². The SMILES string of the molecule is Cc1cc(NC(=O)c2nn(C)c3ccccc23)ccc1NC(=O)c1cnc(C2CC2)o1. The number of nitrogens with one attached hydrogen (secondary N) is 2. The Morgan fingerprint density at radius 3 is 2.68 bits per heavy atom. The van der Waals surface area contributed by atoms with Crippen LogP contribution in [-0.2, 0) is 7.05 Å². The van der Waals surface area contributed by atoms with Crippen molar-refractivity contribution >= 4 is 34.1 Å². The van der Waals surface area contributed by atoms with Crippen molar-refractivity contribution in [2.24, 2.45) is 7.05 Å². The van der Waals surface area contributed by atoms with E-state index in [9.17, 15) is 9.59 Å². The predicted octanol–water partition coefficient (Wildman–Crippen LogP) is 4.25. The van der Waals surface area contributed by atoms with Gasteiger partial charge >= 0.3 is 0 Å². The summed E-state index contributed by atoms with van der Waals surface area (Å²) in [6.07, 6.45) is 3.58. The molecule has 0 atom stereocenters. The number of hydrogen-bond acceptors (Lipinski definition) is 5. The van der Waals surface area contributed by atoms with Crippen molar-refractivity contribution in [1.29, 1.82) is 0 Å². The summed E-state index contributed by atoms with van der Waals surface area (Å²) in [4.78, 5) is 29.4. The number of amides is 2. The molecule has 0 bridgehead atoms. The standard InChI is InChI=1S/C23H21N5O3/c1-13-11-15(25-22(30)20-16-5-3-4-6-18(16)28(2)27-20)9-10-17(13)26-21(29)19-12-24-23(31-19)14-7-8-14/h3-6,9-12,14H,7-8H2,1-2H3,(H,25,30)(H,26,29). The minimum atomic E-state index is -0.348. The smallest absolute Gasteiger partial charge is 0.293 e. The lowest BCUT2D eigenvalue weighted by Gasteiger charge is -2.10. The van der Waals surface area contributed by atoms with Crippen LogP contribution >= 0.6 is 0 Å². The van der Waals surface area contributed by atoms with Crippen molar-refractivity contribution in [1.82, 2.24) is 14.8 Å². The average Bonchev–Trinajstić information content (AvgIpc) is 3.39. The molecule has 2 N–H and O–H groups in total. The highest BCUT2D eigenvalue weighted by molar-refractivity contribution is 6.11. The summed E-state index contributed by atoms with van der Waals surface area (Å²) >= 11 is 0. The maximum Gasteiger partial charge on any atom is 0.293 e. The first kappa shape index (κ1) is 19.0. The van der Waals surface area contributed by atoms with E-state index in [-0.39, 0.29) is 17.6 Å². The van der Waals surface area contributed by atoms with Gasteiger partial charge in [0.05, 0.1) is 11.7 Å². The summed E-state index contributed by atoms with van der Waals surface area (Å²) in [5, 5.41) is 10.9. The first-order chi connectivity index (χ1) is 15.0. The number of para-hydroxylation sites is 1. The van der Waals surface area contributed by atoms with Crippen LogP contribution in [0.25, 0.3) is 10.9 Å². The minimum absolute atomic E-state index is 0.195. The lowest BCUT2D eigenvalue weighted by Crippen LogP contribution is -2.14. The summed E-state index contributed by atoms with van der Waals surface area (Å²) in [7, 11) is 1.81. The molecular formula is C23H21N5O3. The molecular weight excluding hydrogens is 394 g/mol. The molecule has 156 valence electrons. The van der Waals surface area contributed by atoms with Gasteiger partial charge in [-0.2, -0.15) is 5.10 Å². The Balaban J connectivity index is 1.30. The van der Waals surface area contributed by atoms with Crippen molar-refractivity contribution in [2.45, 2.75) is 25.7 Å². The number of anilines is 2. The highest BCUT2D eigenvalue weighted by atomic mass is 16.4. The summed E-state index contributed by atoms with van der Waals surface area (Å²) in [6, 6.07) is 12.9. The largest absolute Gasteiger partial charge is 0.435 e. The highest BCUT2D eigenvalue weighted by Crippen LogP contribution is 2.39. The van der Waals surface area contributed by atoms with Crippen molar-refractivity contribution < 1.29 is 14.0 Å². The van der Waals surface area contributed by atoms with Crippen LogP contribution in [0.15, 0.2) is 53.1 Å². The monoisotopic (exact) mass is 415 g/mol. The second kappa shape index (κ2) is 7.39. The third kappa shape index (κ3) is 3.68. The number of rotatable bonds is 5. The van der Waals surface area contributed by atoms with Crippen molar-refractivity contribution in [3.05, 3.63) is 71.6 Å². The van der Waals surface area contributed by atoms with E-state index < -0.39 is 0 Å². The zero-order valence-corrected chi connectivity index (χ0v) is 17.2. The fourth-order valence-electron chi connectivity index (χ4n) is 3.55. The number of fused-ring (bicyclic) bond motifs is 1. The van der Waals surface area contributed by atoms with Crippen LogP contribution in [0, 0.1) is 6.92 Å². The number of carbonyl (C=O) groups excluding carboxylic acids is 2. The zero-order valence-electron chi connectivity index (χ0n) is 17.2. The average molecular weight is 415 g/mol. The molecule has 8 heteroatoms. The molecule has 0 aliphatic heterocycles. The van der Waals surface area contributed by atoms with E-state index in [4.69, 9.17) is 4.42 Å². The second-order valence-electron chi connectivity index (χ2n) is 7.76. The van der Waals surface area contributed by atoms with Crippen LogP contribution in [-0.4, -0.2) is 26.6 Å².